The second kappa shape index (κ2) is 4.73. The lowest BCUT2D eigenvalue weighted by atomic mass is 10.5. The Hall–Kier alpha value is -0.0831. The lowest BCUT2D eigenvalue weighted by molar-refractivity contribution is 0.232. The zero-order valence-corrected chi connectivity index (χ0v) is 9.18. The van der Waals surface area contributed by atoms with Gasteiger partial charge in [-0.15, -0.1) is 6.58 Å². The smallest absolute Gasteiger partial charge is 0.216 e. The van der Waals surface area contributed by atoms with Crippen molar-refractivity contribution in [2.45, 2.75) is 45.9 Å². The Labute approximate surface area is 71.6 Å². The van der Waals surface area contributed by atoms with Crippen LogP contribution in [0.25, 0.3) is 0 Å². The number of hydrogen-bond acceptors (Lipinski definition) is 1. The molecular formula is C9H20OSi. The summed E-state index contributed by atoms with van der Waals surface area (Å²) in [4.78, 5) is 0. The topological polar surface area (TPSA) is 9.23 Å². The van der Waals surface area contributed by atoms with Crippen molar-refractivity contribution < 1.29 is 4.43 Å². The van der Waals surface area contributed by atoms with Gasteiger partial charge >= 0.3 is 0 Å². The Balaban J connectivity index is 4.16. The summed E-state index contributed by atoms with van der Waals surface area (Å²) in [5.41, 5.74) is 2.06. The average molecular weight is 172 g/mol. The van der Waals surface area contributed by atoms with Gasteiger partial charge in [0.05, 0.1) is 0 Å². The minimum atomic E-state index is -1.52. The third-order valence-electron chi connectivity index (χ3n) is 2.04. The van der Waals surface area contributed by atoms with Gasteiger partial charge in [0.25, 0.3) is 0 Å². The average Bonchev–Trinajstić information content (AvgIpc) is 2.00. The summed E-state index contributed by atoms with van der Waals surface area (Å²) in [5.74, 6) is 0. The first-order chi connectivity index (χ1) is 5.10. The van der Waals surface area contributed by atoms with Crippen LogP contribution in [0.15, 0.2) is 12.3 Å². The number of hydrogen-bond donors (Lipinski definition) is 0. The standard InChI is InChI=1S/C9H20OSi/c1-6-11(7-2,8-3)10-9(4)5/h6,9H,1,7-8H2,2-5H3. The molecule has 2 heteroatoms. The summed E-state index contributed by atoms with van der Waals surface area (Å²) in [6.45, 7) is 12.4. The van der Waals surface area contributed by atoms with Gasteiger partial charge in [0.2, 0.25) is 8.32 Å². The molecule has 0 fully saturated rings. The first-order valence-electron chi connectivity index (χ1n) is 4.41. The molecule has 0 aromatic carbocycles. The molecule has 0 aliphatic rings. The van der Waals surface area contributed by atoms with E-state index in [4.69, 9.17) is 4.43 Å². The molecule has 0 unspecified atom stereocenters. The van der Waals surface area contributed by atoms with Gasteiger partial charge in [0.1, 0.15) is 0 Å². The van der Waals surface area contributed by atoms with Gasteiger partial charge in [0, 0.05) is 6.10 Å². The van der Waals surface area contributed by atoms with E-state index in [1.807, 2.05) is 0 Å². The third-order valence-corrected chi connectivity index (χ3v) is 6.12. The van der Waals surface area contributed by atoms with Crippen LogP contribution in [0.4, 0.5) is 0 Å². The van der Waals surface area contributed by atoms with Crippen molar-refractivity contribution in [3.63, 3.8) is 0 Å². The molecule has 0 saturated carbocycles. The second-order valence-electron chi connectivity index (χ2n) is 3.14. The first-order valence-corrected chi connectivity index (χ1v) is 6.81. The van der Waals surface area contributed by atoms with Gasteiger partial charge in [-0.1, -0.05) is 19.5 Å². The fraction of sp³-hybridized carbons (Fsp3) is 0.778. The van der Waals surface area contributed by atoms with Crippen molar-refractivity contribution in [3.05, 3.63) is 12.3 Å². The molecule has 0 rings (SSSR count). The predicted octanol–water partition coefficient (Wildman–Crippen LogP) is 3.12. The largest absolute Gasteiger partial charge is 0.411 e. The van der Waals surface area contributed by atoms with Gasteiger partial charge in [-0.05, 0) is 25.9 Å². The van der Waals surface area contributed by atoms with Crippen molar-refractivity contribution in [1.29, 1.82) is 0 Å². The van der Waals surface area contributed by atoms with Crippen LogP contribution < -0.4 is 0 Å². The van der Waals surface area contributed by atoms with Gasteiger partial charge in [-0.25, -0.2) is 0 Å². The maximum Gasteiger partial charge on any atom is 0.216 e. The summed E-state index contributed by atoms with van der Waals surface area (Å²) in [6.07, 6.45) is 0.347. The summed E-state index contributed by atoms with van der Waals surface area (Å²) >= 11 is 0. The summed E-state index contributed by atoms with van der Waals surface area (Å²) in [5, 5.41) is 0. The molecule has 0 N–H and O–H groups in total. The molecule has 0 bridgehead atoms. The Bertz CT molecular complexity index is 117. The molecule has 1 nitrogen and oxygen atoms in total. The van der Waals surface area contributed by atoms with E-state index in [9.17, 15) is 0 Å². The van der Waals surface area contributed by atoms with Crippen molar-refractivity contribution in [2.24, 2.45) is 0 Å². The minimum Gasteiger partial charge on any atom is -0.411 e. The van der Waals surface area contributed by atoms with Crippen LogP contribution in [-0.2, 0) is 4.43 Å². The molecule has 0 aliphatic carbocycles. The normalized spacial score (nSPS) is 12.1. The first kappa shape index (κ1) is 10.9. The van der Waals surface area contributed by atoms with E-state index in [1.54, 1.807) is 0 Å². The molecule has 0 aliphatic heterocycles. The maximum atomic E-state index is 5.91. The van der Waals surface area contributed by atoms with Crippen LogP contribution in [0.3, 0.4) is 0 Å². The van der Waals surface area contributed by atoms with E-state index in [0.717, 1.165) is 12.1 Å². The monoisotopic (exact) mass is 172 g/mol. The highest BCUT2D eigenvalue weighted by molar-refractivity contribution is 6.78. The zero-order valence-electron chi connectivity index (χ0n) is 8.18. The molecule has 66 valence electrons. The zero-order chi connectivity index (χ0) is 8.91. The molecule has 0 radical (unpaired) electrons. The van der Waals surface area contributed by atoms with Crippen LogP contribution in [0.1, 0.15) is 27.7 Å². The Kier molecular flexibility index (Phi) is 4.69. The van der Waals surface area contributed by atoms with E-state index >= 15 is 0 Å². The predicted molar refractivity (Wildman–Crippen MR) is 53.1 cm³/mol. The highest BCUT2D eigenvalue weighted by Gasteiger charge is 2.27. The van der Waals surface area contributed by atoms with Gasteiger partial charge in [0.15, 0.2) is 0 Å². The van der Waals surface area contributed by atoms with Crippen molar-refractivity contribution in [1.82, 2.24) is 0 Å². The molecule has 0 heterocycles. The van der Waals surface area contributed by atoms with Gasteiger partial charge in [-0.3, -0.25) is 0 Å². The Morgan fingerprint density at radius 2 is 1.82 bits per heavy atom. The molecule has 11 heavy (non-hydrogen) atoms. The minimum absolute atomic E-state index is 0.347. The van der Waals surface area contributed by atoms with E-state index < -0.39 is 8.32 Å². The fourth-order valence-electron chi connectivity index (χ4n) is 1.22. The molecule has 0 aromatic rings. The van der Waals surface area contributed by atoms with Crippen molar-refractivity contribution in [2.75, 3.05) is 0 Å². The molecule has 0 aromatic heterocycles. The summed E-state index contributed by atoms with van der Waals surface area (Å²) in [7, 11) is -1.52. The lowest BCUT2D eigenvalue weighted by Crippen LogP contribution is -2.37. The summed E-state index contributed by atoms with van der Waals surface area (Å²) < 4.78 is 5.91. The van der Waals surface area contributed by atoms with E-state index in [0.29, 0.717) is 6.10 Å². The summed E-state index contributed by atoms with van der Waals surface area (Å²) in [6, 6.07) is 2.29. The number of rotatable bonds is 5. The molecule has 0 spiro atoms. The van der Waals surface area contributed by atoms with Gasteiger partial charge in [-0.2, -0.15) is 0 Å². The highest BCUT2D eigenvalue weighted by atomic mass is 28.4. The second-order valence-corrected chi connectivity index (χ2v) is 7.33. The Morgan fingerprint density at radius 3 is 1.91 bits per heavy atom. The fourth-order valence-corrected chi connectivity index (χ4v) is 3.67. The van der Waals surface area contributed by atoms with Crippen molar-refractivity contribution in [3.8, 4) is 0 Å². The van der Waals surface area contributed by atoms with Crippen LogP contribution in [0.2, 0.25) is 12.1 Å². The SMILES string of the molecule is C=C[Si](CC)(CC)OC(C)C. The molecule has 0 amide bonds. The Morgan fingerprint density at radius 1 is 1.36 bits per heavy atom. The third kappa shape index (κ3) is 3.21. The van der Waals surface area contributed by atoms with Crippen LogP contribution >= 0.6 is 0 Å². The highest BCUT2D eigenvalue weighted by Crippen LogP contribution is 2.19. The maximum absolute atomic E-state index is 5.91. The molecule has 0 atom stereocenters. The van der Waals surface area contributed by atoms with Crippen LogP contribution in [-0.4, -0.2) is 14.4 Å². The molecular weight excluding hydrogens is 152 g/mol. The molecule has 0 saturated heterocycles. The van der Waals surface area contributed by atoms with Gasteiger partial charge < -0.3 is 4.43 Å². The van der Waals surface area contributed by atoms with Crippen LogP contribution in [0.5, 0.6) is 0 Å². The van der Waals surface area contributed by atoms with E-state index in [2.05, 4.69) is 40.0 Å². The lowest BCUT2D eigenvalue weighted by Gasteiger charge is -2.27. The van der Waals surface area contributed by atoms with Crippen molar-refractivity contribution >= 4 is 8.32 Å². The van der Waals surface area contributed by atoms with E-state index in [1.165, 1.54) is 0 Å². The van der Waals surface area contributed by atoms with E-state index in [-0.39, 0.29) is 0 Å². The quantitative estimate of drug-likeness (QED) is 0.579. The van der Waals surface area contributed by atoms with Crippen LogP contribution in [0, 0.1) is 0 Å².